The van der Waals surface area contributed by atoms with E-state index in [4.69, 9.17) is 11.6 Å². The Morgan fingerprint density at radius 3 is 2.81 bits per heavy atom. The van der Waals surface area contributed by atoms with E-state index in [1.54, 1.807) is 6.20 Å². The molecule has 138 valence electrons. The Morgan fingerprint density at radius 2 is 2.00 bits per heavy atom. The first-order chi connectivity index (χ1) is 13.1. The maximum atomic E-state index is 12.9. The summed E-state index contributed by atoms with van der Waals surface area (Å²) >= 11 is 6.06. The molecule has 1 aliphatic heterocycles. The van der Waals surface area contributed by atoms with E-state index >= 15 is 0 Å². The number of anilines is 2. The first-order valence-corrected chi connectivity index (χ1v) is 9.08. The maximum absolute atomic E-state index is 12.9. The Bertz CT molecular complexity index is 979. The van der Waals surface area contributed by atoms with Gasteiger partial charge in [0.05, 0.1) is 5.52 Å². The fraction of sp³-hybridized carbons (Fsp3) is 0.200. The van der Waals surface area contributed by atoms with Crippen LogP contribution in [0.4, 0.5) is 20.6 Å². The smallest absolute Gasteiger partial charge is 0.319 e. The van der Waals surface area contributed by atoms with Gasteiger partial charge in [0.25, 0.3) is 0 Å². The van der Waals surface area contributed by atoms with Gasteiger partial charge in [-0.15, -0.1) is 0 Å². The molecule has 0 radical (unpaired) electrons. The van der Waals surface area contributed by atoms with Crippen LogP contribution in [-0.4, -0.2) is 30.1 Å². The first kappa shape index (κ1) is 17.5. The van der Waals surface area contributed by atoms with E-state index in [1.165, 1.54) is 24.3 Å². The molecule has 1 aromatic heterocycles. The molecule has 1 fully saturated rings. The predicted molar refractivity (Wildman–Crippen MR) is 106 cm³/mol. The Morgan fingerprint density at radius 1 is 1.19 bits per heavy atom. The van der Waals surface area contributed by atoms with Crippen LogP contribution in [-0.2, 0) is 0 Å². The number of amides is 2. The van der Waals surface area contributed by atoms with Gasteiger partial charge >= 0.3 is 6.03 Å². The molecular weight excluding hydrogens is 367 g/mol. The molecule has 4 rings (SSSR count). The molecule has 1 atom stereocenters. The number of carbonyl (C=O) groups excluding carboxylic acids is 1. The zero-order chi connectivity index (χ0) is 18.8. The van der Waals surface area contributed by atoms with E-state index in [2.05, 4.69) is 20.5 Å². The fourth-order valence-corrected chi connectivity index (χ4v) is 3.53. The number of rotatable bonds is 3. The summed E-state index contributed by atoms with van der Waals surface area (Å²) < 4.78 is 12.9. The molecule has 0 aliphatic carbocycles. The summed E-state index contributed by atoms with van der Waals surface area (Å²) in [6.07, 6.45) is 2.62. The van der Waals surface area contributed by atoms with Crippen molar-refractivity contribution in [1.29, 1.82) is 0 Å². The van der Waals surface area contributed by atoms with Gasteiger partial charge in [-0.1, -0.05) is 11.6 Å². The quantitative estimate of drug-likeness (QED) is 0.702. The molecule has 1 saturated heterocycles. The van der Waals surface area contributed by atoms with Gasteiger partial charge < -0.3 is 15.5 Å². The summed E-state index contributed by atoms with van der Waals surface area (Å²) in [6.45, 7) is 1.54. The van der Waals surface area contributed by atoms with Crippen LogP contribution in [0.5, 0.6) is 0 Å². The average Bonchev–Trinajstić information content (AvgIpc) is 3.11. The summed E-state index contributed by atoms with van der Waals surface area (Å²) in [6, 6.07) is 13.1. The van der Waals surface area contributed by atoms with Gasteiger partial charge in [0.15, 0.2) is 0 Å². The van der Waals surface area contributed by atoms with Crippen molar-refractivity contribution in [1.82, 2.24) is 10.3 Å². The van der Waals surface area contributed by atoms with Crippen molar-refractivity contribution in [2.24, 2.45) is 0 Å². The van der Waals surface area contributed by atoms with Crippen molar-refractivity contribution in [2.45, 2.75) is 12.5 Å². The van der Waals surface area contributed by atoms with E-state index < -0.39 is 0 Å². The number of fused-ring (bicyclic) bond motifs is 1. The average molecular weight is 385 g/mol. The Kier molecular flexibility index (Phi) is 4.81. The minimum atomic E-state index is -0.335. The molecule has 2 amide bonds. The van der Waals surface area contributed by atoms with E-state index in [0.29, 0.717) is 17.3 Å². The van der Waals surface area contributed by atoms with Crippen LogP contribution in [0.2, 0.25) is 5.02 Å². The molecule has 0 bridgehead atoms. The van der Waals surface area contributed by atoms with Crippen molar-refractivity contribution >= 4 is 39.9 Å². The molecule has 7 heteroatoms. The zero-order valence-electron chi connectivity index (χ0n) is 14.5. The van der Waals surface area contributed by atoms with Gasteiger partial charge in [-0.05, 0) is 55.0 Å². The van der Waals surface area contributed by atoms with E-state index in [1.807, 2.05) is 24.3 Å². The van der Waals surface area contributed by atoms with Crippen LogP contribution in [0.3, 0.4) is 0 Å². The molecule has 2 N–H and O–H groups in total. The highest BCUT2D eigenvalue weighted by molar-refractivity contribution is 6.31. The molecule has 27 heavy (non-hydrogen) atoms. The van der Waals surface area contributed by atoms with Gasteiger partial charge in [-0.2, -0.15) is 0 Å². The lowest BCUT2D eigenvalue weighted by Gasteiger charge is -2.21. The van der Waals surface area contributed by atoms with Gasteiger partial charge in [-0.25, -0.2) is 9.18 Å². The first-order valence-electron chi connectivity index (χ1n) is 8.71. The molecule has 2 heterocycles. The summed E-state index contributed by atoms with van der Waals surface area (Å²) in [5.74, 6) is -0.335. The monoisotopic (exact) mass is 384 g/mol. The van der Waals surface area contributed by atoms with Crippen LogP contribution in [0.1, 0.15) is 6.42 Å². The number of benzene rings is 2. The normalized spacial score (nSPS) is 16.5. The number of urea groups is 1. The highest BCUT2D eigenvalue weighted by atomic mass is 35.5. The molecule has 5 nitrogen and oxygen atoms in total. The van der Waals surface area contributed by atoms with Crippen molar-refractivity contribution in [3.63, 3.8) is 0 Å². The predicted octanol–water partition coefficient (Wildman–Crippen LogP) is 4.43. The number of carbonyl (C=O) groups is 1. The second-order valence-corrected chi connectivity index (χ2v) is 6.96. The van der Waals surface area contributed by atoms with Crippen LogP contribution in [0.15, 0.2) is 54.7 Å². The number of pyridine rings is 1. The standard InChI is InChI=1S/C20H18ClFN4O/c21-13-1-6-17-18(11-13)23-9-7-19(17)26-10-8-16(12-26)25-20(27)24-15-4-2-14(22)3-5-15/h1-7,9,11,16H,8,10,12H2,(H2,24,25,27). The highest BCUT2D eigenvalue weighted by Gasteiger charge is 2.25. The molecule has 0 spiro atoms. The summed E-state index contributed by atoms with van der Waals surface area (Å²) in [4.78, 5) is 18.8. The van der Waals surface area contributed by atoms with Crippen molar-refractivity contribution in [3.8, 4) is 0 Å². The van der Waals surface area contributed by atoms with Gasteiger partial charge in [0, 0.05) is 47.1 Å². The molecular formula is C20H18ClFN4O. The van der Waals surface area contributed by atoms with Gasteiger partial charge in [0.2, 0.25) is 0 Å². The number of aromatic nitrogens is 1. The fourth-order valence-electron chi connectivity index (χ4n) is 3.36. The Hall–Kier alpha value is -2.86. The van der Waals surface area contributed by atoms with Crippen LogP contribution >= 0.6 is 11.6 Å². The van der Waals surface area contributed by atoms with E-state index in [-0.39, 0.29) is 17.9 Å². The lowest BCUT2D eigenvalue weighted by molar-refractivity contribution is 0.249. The van der Waals surface area contributed by atoms with Gasteiger partial charge in [0.1, 0.15) is 5.82 Å². The Labute approximate surface area is 161 Å². The SMILES string of the molecule is O=C(Nc1ccc(F)cc1)NC1CCN(c2ccnc3cc(Cl)ccc23)C1. The minimum absolute atomic E-state index is 0.0287. The number of nitrogens with zero attached hydrogens (tertiary/aromatic N) is 2. The second kappa shape index (κ2) is 7.40. The third-order valence-corrected chi connectivity index (χ3v) is 4.88. The number of hydrogen-bond acceptors (Lipinski definition) is 3. The largest absolute Gasteiger partial charge is 0.369 e. The minimum Gasteiger partial charge on any atom is -0.369 e. The molecule has 2 aromatic carbocycles. The lowest BCUT2D eigenvalue weighted by Crippen LogP contribution is -2.39. The second-order valence-electron chi connectivity index (χ2n) is 6.53. The number of hydrogen-bond donors (Lipinski definition) is 2. The topological polar surface area (TPSA) is 57.3 Å². The van der Waals surface area contributed by atoms with Crippen molar-refractivity contribution in [2.75, 3.05) is 23.3 Å². The molecule has 3 aromatic rings. The Balaban J connectivity index is 1.41. The lowest BCUT2D eigenvalue weighted by atomic mass is 10.2. The van der Waals surface area contributed by atoms with Crippen molar-refractivity contribution < 1.29 is 9.18 Å². The zero-order valence-corrected chi connectivity index (χ0v) is 15.2. The number of nitrogens with one attached hydrogen (secondary N) is 2. The molecule has 0 saturated carbocycles. The molecule has 1 aliphatic rings. The maximum Gasteiger partial charge on any atom is 0.319 e. The molecule has 1 unspecified atom stereocenters. The van der Waals surface area contributed by atoms with Crippen LogP contribution in [0, 0.1) is 5.82 Å². The highest BCUT2D eigenvalue weighted by Crippen LogP contribution is 2.29. The van der Waals surface area contributed by atoms with E-state index in [0.717, 1.165) is 29.6 Å². The summed E-state index contributed by atoms with van der Waals surface area (Å²) in [5, 5.41) is 7.40. The van der Waals surface area contributed by atoms with Gasteiger partial charge in [-0.3, -0.25) is 4.98 Å². The number of halogens is 2. The van der Waals surface area contributed by atoms with Crippen molar-refractivity contribution in [3.05, 3.63) is 65.6 Å². The van der Waals surface area contributed by atoms with Crippen LogP contribution in [0.25, 0.3) is 10.9 Å². The third kappa shape index (κ3) is 3.95. The summed E-state index contributed by atoms with van der Waals surface area (Å²) in [5.41, 5.74) is 2.49. The van der Waals surface area contributed by atoms with Crippen LogP contribution < -0.4 is 15.5 Å². The summed E-state index contributed by atoms with van der Waals surface area (Å²) in [7, 11) is 0. The third-order valence-electron chi connectivity index (χ3n) is 4.65. The van der Waals surface area contributed by atoms with E-state index in [9.17, 15) is 9.18 Å².